The van der Waals surface area contributed by atoms with Crippen molar-refractivity contribution < 1.29 is 4.79 Å². The van der Waals surface area contributed by atoms with Gasteiger partial charge in [-0.2, -0.15) is 10.1 Å². The number of carbonyl (C=O) groups excluding carboxylic acids is 1. The fraction of sp³-hybridized carbons (Fsp3) is 0.231. The van der Waals surface area contributed by atoms with Gasteiger partial charge in [0, 0.05) is 30.1 Å². The molecule has 2 heterocycles. The number of aromatic amines is 1. The van der Waals surface area contributed by atoms with Gasteiger partial charge in [0.2, 0.25) is 5.95 Å². The standard InChI is InChI=1S/C26H26ClN7O/c1-15-13-23(34-33-15)31-24-21(27)14-29-26(32-24)30-22-12-11-18(19-5-3-4-6-20(19)22)16-7-9-17(10-8-16)25(35)28-2/h7-14H,3-6H2,1-2H3,(H,28,35)(H3,29,30,31,32,33,34). The van der Waals surface area contributed by atoms with Gasteiger partial charge in [-0.25, -0.2) is 4.98 Å². The number of hydrogen-bond acceptors (Lipinski definition) is 6. The Morgan fingerprint density at radius 2 is 1.80 bits per heavy atom. The van der Waals surface area contributed by atoms with Crippen LogP contribution >= 0.6 is 11.6 Å². The molecule has 35 heavy (non-hydrogen) atoms. The first-order chi connectivity index (χ1) is 17.0. The maximum absolute atomic E-state index is 11.9. The maximum atomic E-state index is 11.9. The number of fused-ring (bicyclic) bond motifs is 1. The van der Waals surface area contributed by atoms with Crippen molar-refractivity contribution in [1.82, 2.24) is 25.5 Å². The Bertz CT molecular complexity index is 1380. The molecule has 0 bridgehead atoms. The minimum Gasteiger partial charge on any atom is -0.355 e. The highest BCUT2D eigenvalue weighted by atomic mass is 35.5. The van der Waals surface area contributed by atoms with E-state index in [1.54, 1.807) is 13.2 Å². The van der Waals surface area contributed by atoms with Crippen molar-refractivity contribution in [1.29, 1.82) is 0 Å². The van der Waals surface area contributed by atoms with Crippen molar-refractivity contribution in [3.8, 4) is 11.1 Å². The molecule has 1 aliphatic rings. The second kappa shape index (κ2) is 9.76. The van der Waals surface area contributed by atoms with E-state index in [1.165, 1.54) is 16.7 Å². The Morgan fingerprint density at radius 1 is 1.03 bits per heavy atom. The first-order valence-electron chi connectivity index (χ1n) is 11.6. The predicted octanol–water partition coefficient (Wildman–Crippen LogP) is 5.55. The molecular weight excluding hydrogens is 462 g/mol. The molecule has 4 aromatic rings. The van der Waals surface area contributed by atoms with E-state index in [-0.39, 0.29) is 5.91 Å². The molecule has 2 aromatic heterocycles. The van der Waals surface area contributed by atoms with E-state index in [1.807, 2.05) is 37.3 Å². The number of rotatable bonds is 6. The van der Waals surface area contributed by atoms with E-state index in [4.69, 9.17) is 11.6 Å². The van der Waals surface area contributed by atoms with Crippen LogP contribution in [0.15, 0.2) is 48.7 Å². The van der Waals surface area contributed by atoms with Crippen molar-refractivity contribution in [3.05, 3.63) is 76.1 Å². The predicted molar refractivity (Wildman–Crippen MR) is 139 cm³/mol. The third kappa shape index (κ3) is 4.83. The van der Waals surface area contributed by atoms with Crippen LogP contribution in [0.5, 0.6) is 0 Å². The topological polar surface area (TPSA) is 108 Å². The summed E-state index contributed by atoms with van der Waals surface area (Å²) in [6.45, 7) is 1.93. The molecule has 5 rings (SSSR count). The molecule has 0 unspecified atom stereocenters. The van der Waals surface area contributed by atoms with Gasteiger partial charge in [0.05, 0.1) is 6.20 Å². The molecule has 1 aliphatic carbocycles. The number of nitrogens with zero attached hydrogens (tertiary/aromatic N) is 3. The average Bonchev–Trinajstić information content (AvgIpc) is 3.30. The highest BCUT2D eigenvalue weighted by molar-refractivity contribution is 6.32. The van der Waals surface area contributed by atoms with Crippen molar-refractivity contribution in [2.45, 2.75) is 32.6 Å². The van der Waals surface area contributed by atoms with E-state index >= 15 is 0 Å². The highest BCUT2D eigenvalue weighted by Crippen LogP contribution is 2.37. The van der Waals surface area contributed by atoms with Gasteiger partial charge >= 0.3 is 0 Å². The summed E-state index contributed by atoms with van der Waals surface area (Å²) < 4.78 is 0. The number of benzene rings is 2. The minimum absolute atomic E-state index is 0.0858. The third-order valence-electron chi connectivity index (χ3n) is 6.16. The van der Waals surface area contributed by atoms with Gasteiger partial charge < -0.3 is 16.0 Å². The van der Waals surface area contributed by atoms with Crippen LogP contribution in [0.4, 0.5) is 23.3 Å². The lowest BCUT2D eigenvalue weighted by molar-refractivity contribution is 0.0963. The van der Waals surface area contributed by atoms with E-state index in [9.17, 15) is 4.79 Å². The SMILES string of the molecule is CNC(=O)c1ccc(-c2ccc(Nc3ncc(Cl)c(Nc4cc(C)[nH]n4)n3)c3c2CCCC3)cc1. The number of hydrogen-bond donors (Lipinski definition) is 4. The van der Waals surface area contributed by atoms with E-state index in [0.717, 1.165) is 42.6 Å². The molecule has 0 saturated carbocycles. The summed E-state index contributed by atoms with van der Waals surface area (Å²) in [7, 11) is 1.64. The molecule has 1 amide bonds. The molecule has 0 radical (unpaired) electrons. The van der Waals surface area contributed by atoms with Gasteiger partial charge in [-0.05, 0) is 73.1 Å². The van der Waals surface area contributed by atoms with Crippen molar-refractivity contribution in [3.63, 3.8) is 0 Å². The van der Waals surface area contributed by atoms with Crippen molar-refractivity contribution in [2.75, 3.05) is 17.7 Å². The van der Waals surface area contributed by atoms with Crippen LogP contribution in [0.25, 0.3) is 11.1 Å². The van der Waals surface area contributed by atoms with Crippen LogP contribution in [-0.2, 0) is 12.8 Å². The van der Waals surface area contributed by atoms with Gasteiger partial charge in [0.15, 0.2) is 11.6 Å². The number of aromatic nitrogens is 4. The average molecular weight is 488 g/mol. The zero-order chi connectivity index (χ0) is 24.4. The number of halogens is 1. The summed E-state index contributed by atoms with van der Waals surface area (Å²) >= 11 is 6.32. The lowest BCUT2D eigenvalue weighted by atomic mass is 9.84. The van der Waals surface area contributed by atoms with Gasteiger partial charge in [-0.15, -0.1) is 0 Å². The second-order valence-electron chi connectivity index (χ2n) is 8.56. The van der Waals surface area contributed by atoms with E-state index in [0.29, 0.717) is 28.2 Å². The first-order valence-corrected chi connectivity index (χ1v) is 12.0. The number of nitrogens with one attached hydrogen (secondary N) is 4. The molecule has 0 aliphatic heterocycles. The molecule has 0 atom stereocenters. The molecular formula is C26H26ClN7O. The van der Waals surface area contributed by atoms with Crippen LogP contribution in [0.1, 0.15) is 40.0 Å². The van der Waals surface area contributed by atoms with Crippen LogP contribution in [-0.4, -0.2) is 33.1 Å². The number of carbonyl (C=O) groups is 1. The quantitative estimate of drug-likeness (QED) is 0.284. The van der Waals surface area contributed by atoms with E-state index in [2.05, 4.69) is 48.2 Å². The van der Waals surface area contributed by atoms with Gasteiger partial charge in [0.1, 0.15) is 5.02 Å². The van der Waals surface area contributed by atoms with Gasteiger partial charge in [-0.3, -0.25) is 9.89 Å². The molecule has 0 spiro atoms. The molecule has 0 saturated heterocycles. The fourth-order valence-electron chi connectivity index (χ4n) is 4.44. The summed E-state index contributed by atoms with van der Waals surface area (Å²) in [5, 5.41) is 16.7. The third-order valence-corrected chi connectivity index (χ3v) is 6.44. The molecule has 9 heteroatoms. The normalized spacial score (nSPS) is 12.7. The molecule has 2 aromatic carbocycles. The smallest absolute Gasteiger partial charge is 0.251 e. The lowest BCUT2D eigenvalue weighted by Crippen LogP contribution is -2.17. The molecule has 178 valence electrons. The van der Waals surface area contributed by atoms with Crippen LogP contribution < -0.4 is 16.0 Å². The van der Waals surface area contributed by atoms with Gasteiger partial charge in [0.25, 0.3) is 5.91 Å². The van der Waals surface area contributed by atoms with Crippen LogP contribution in [0.3, 0.4) is 0 Å². The number of anilines is 4. The summed E-state index contributed by atoms with van der Waals surface area (Å²) in [5.41, 5.74) is 7.49. The Morgan fingerprint density at radius 3 is 2.51 bits per heavy atom. The fourth-order valence-corrected chi connectivity index (χ4v) is 4.58. The van der Waals surface area contributed by atoms with Gasteiger partial charge in [-0.1, -0.05) is 29.8 Å². The van der Waals surface area contributed by atoms with Crippen LogP contribution in [0.2, 0.25) is 5.02 Å². The lowest BCUT2D eigenvalue weighted by Gasteiger charge is -2.23. The summed E-state index contributed by atoms with van der Waals surface area (Å²) in [6.07, 6.45) is 5.84. The Labute approximate surface area is 208 Å². The summed E-state index contributed by atoms with van der Waals surface area (Å²) in [5.74, 6) is 1.49. The Hall–Kier alpha value is -3.91. The zero-order valence-corrected chi connectivity index (χ0v) is 20.3. The Balaban J connectivity index is 1.44. The minimum atomic E-state index is -0.0858. The Kier molecular flexibility index (Phi) is 6.37. The summed E-state index contributed by atoms with van der Waals surface area (Å²) in [4.78, 5) is 20.9. The van der Waals surface area contributed by atoms with Crippen molar-refractivity contribution in [2.24, 2.45) is 0 Å². The first kappa shape index (κ1) is 22.9. The highest BCUT2D eigenvalue weighted by Gasteiger charge is 2.19. The largest absolute Gasteiger partial charge is 0.355 e. The number of amides is 1. The summed E-state index contributed by atoms with van der Waals surface area (Å²) in [6, 6.07) is 13.8. The van der Waals surface area contributed by atoms with E-state index < -0.39 is 0 Å². The second-order valence-corrected chi connectivity index (χ2v) is 8.96. The number of aryl methyl sites for hydroxylation is 1. The zero-order valence-electron chi connectivity index (χ0n) is 19.6. The number of H-pyrrole nitrogens is 1. The monoisotopic (exact) mass is 487 g/mol. The molecule has 0 fully saturated rings. The molecule has 8 nitrogen and oxygen atoms in total. The van der Waals surface area contributed by atoms with Crippen molar-refractivity contribution >= 4 is 40.8 Å². The molecule has 4 N–H and O–H groups in total. The van der Waals surface area contributed by atoms with Crippen LogP contribution in [0, 0.1) is 6.92 Å². The maximum Gasteiger partial charge on any atom is 0.251 e.